The van der Waals surface area contributed by atoms with Gasteiger partial charge in [0.05, 0.1) is 20.3 Å². The van der Waals surface area contributed by atoms with Gasteiger partial charge in [0.2, 0.25) is 0 Å². The summed E-state index contributed by atoms with van der Waals surface area (Å²) in [5.41, 5.74) is 2.91. The Bertz CT molecular complexity index is 895. The van der Waals surface area contributed by atoms with Gasteiger partial charge >= 0.3 is 0 Å². The molecule has 0 bridgehead atoms. The normalized spacial score (nSPS) is 10.6. The minimum atomic E-state index is 0.367. The van der Waals surface area contributed by atoms with E-state index >= 15 is 0 Å². The fraction of sp³-hybridized carbons (Fsp3) is 0.318. The average Bonchev–Trinajstić information content (AvgIpc) is 3.20. The first kappa shape index (κ1) is 20.5. The molecule has 0 saturated heterocycles. The first-order valence-electron chi connectivity index (χ1n) is 9.43. The summed E-state index contributed by atoms with van der Waals surface area (Å²) in [5, 5.41) is 3.15. The summed E-state index contributed by atoms with van der Waals surface area (Å²) in [6.45, 7) is 1.89. The van der Waals surface area contributed by atoms with Crippen molar-refractivity contribution in [2.45, 2.75) is 13.2 Å². The molecule has 1 heterocycles. The summed E-state index contributed by atoms with van der Waals surface area (Å²) in [7, 11) is 5.65. The fourth-order valence-corrected chi connectivity index (χ4v) is 2.66. The van der Waals surface area contributed by atoms with E-state index in [2.05, 4.69) is 10.3 Å². The highest BCUT2D eigenvalue weighted by atomic mass is 16.5. The van der Waals surface area contributed by atoms with Crippen LogP contribution < -0.4 is 19.7 Å². The van der Waals surface area contributed by atoms with Crippen molar-refractivity contribution in [2.75, 3.05) is 44.6 Å². The van der Waals surface area contributed by atoms with Gasteiger partial charge in [0.1, 0.15) is 30.1 Å². The van der Waals surface area contributed by atoms with Crippen LogP contribution >= 0.6 is 0 Å². The van der Waals surface area contributed by atoms with E-state index in [0.717, 1.165) is 28.4 Å². The van der Waals surface area contributed by atoms with Crippen molar-refractivity contribution in [3.05, 3.63) is 66.1 Å². The van der Waals surface area contributed by atoms with Gasteiger partial charge in [0, 0.05) is 32.4 Å². The van der Waals surface area contributed by atoms with Gasteiger partial charge in [-0.25, -0.2) is 0 Å². The van der Waals surface area contributed by atoms with Gasteiger partial charge in [0.25, 0.3) is 6.01 Å². The van der Waals surface area contributed by atoms with Crippen molar-refractivity contribution in [3.8, 4) is 11.5 Å². The summed E-state index contributed by atoms with van der Waals surface area (Å²) < 4.78 is 22.0. The molecular weight excluding hydrogens is 370 g/mol. The number of nitrogens with zero attached hydrogens (tertiary/aromatic N) is 2. The Morgan fingerprint density at radius 2 is 1.86 bits per heavy atom. The second-order valence-corrected chi connectivity index (χ2v) is 6.64. The van der Waals surface area contributed by atoms with Crippen molar-refractivity contribution in [1.82, 2.24) is 4.98 Å². The monoisotopic (exact) mass is 397 g/mol. The molecule has 0 amide bonds. The Kier molecular flexibility index (Phi) is 7.35. The van der Waals surface area contributed by atoms with Crippen LogP contribution in [0.5, 0.6) is 11.5 Å². The molecule has 29 heavy (non-hydrogen) atoms. The molecule has 0 aliphatic carbocycles. The van der Waals surface area contributed by atoms with Crippen LogP contribution in [-0.2, 0) is 17.9 Å². The summed E-state index contributed by atoms with van der Waals surface area (Å²) in [5.74, 6) is 1.65. The van der Waals surface area contributed by atoms with Crippen LogP contribution in [0.25, 0.3) is 0 Å². The molecule has 0 radical (unpaired) electrons. The van der Waals surface area contributed by atoms with Gasteiger partial charge in [-0.05, 0) is 29.8 Å². The quantitative estimate of drug-likeness (QED) is 0.491. The van der Waals surface area contributed by atoms with Crippen LogP contribution in [0.1, 0.15) is 11.3 Å². The minimum Gasteiger partial charge on any atom is -0.497 e. The number of benzene rings is 2. The zero-order valence-corrected chi connectivity index (χ0v) is 17.1. The van der Waals surface area contributed by atoms with Crippen molar-refractivity contribution >= 4 is 11.7 Å². The molecule has 2 aromatic carbocycles. The van der Waals surface area contributed by atoms with Crippen molar-refractivity contribution in [2.24, 2.45) is 0 Å². The largest absolute Gasteiger partial charge is 0.497 e. The van der Waals surface area contributed by atoms with Gasteiger partial charge in [-0.15, -0.1) is 0 Å². The fourth-order valence-electron chi connectivity index (χ4n) is 2.66. The topological polar surface area (TPSA) is 69.0 Å². The van der Waals surface area contributed by atoms with E-state index in [0.29, 0.717) is 32.4 Å². The van der Waals surface area contributed by atoms with E-state index in [-0.39, 0.29) is 0 Å². The van der Waals surface area contributed by atoms with Crippen LogP contribution in [0.2, 0.25) is 0 Å². The Balaban J connectivity index is 1.36. The molecule has 0 aliphatic heterocycles. The summed E-state index contributed by atoms with van der Waals surface area (Å²) in [4.78, 5) is 6.41. The highest BCUT2D eigenvalue weighted by Crippen LogP contribution is 2.19. The molecule has 0 aliphatic rings. The Morgan fingerprint density at radius 3 is 2.69 bits per heavy atom. The number of oxazole rings is 1. The smallest absolute Gasteiger partial charge is 0.295 e. The highest BCUT2D eigenvalue weighted by molar-refractivity contribution is 5.49. The van der Waals surface area contributed by atoms with E-state index in [9.17, 15) is 0 Å². The molecule has 0 fully saturated rings. The molecule has 0 unspecified atom stereocenters. The lowest BCUT2D eigenvalue weighted by atomic mass is 10.2. The molecule has 0 saturated carbocycles. The average molecular weight is 397 g/mol. The minimum absolute atomic E-state index is 0.367. The number of ether oxygens (including phenoxy) is 3. The van der Waals surface area contributed by atoms with Crippen molar-refractivity contribution < 1.29 is 18.6 Å². The lowest BCUT2D eigenvalue weighted by molar-refractivity contribution is 0.0869. The predicted molar refractivity (Wildman–Crippen MR) is 113 cm³/mol. The number of methoxy groups -OCH3 is 1. The number of rotatable bonds is 11. The molecule has 154 valence electrons. The van der Waals surface area contributed by atoms with Gasteiger partial charge in [-0.2, -0.15) is 4.98 Å². The van der Waals surface area contributed by atoms with Gasteiger partial charge in [0.15, 0.2) is 0 Å². The van der Waals surface area contributed by atoms with E-state index in [1.54, 1.807) is 13.4 Å². The maximum Gasteiger partial charge on any atom is 0.295 e. The van der Waals surface area contributed by atoms with Crippen LogP contribution in [0.3, 0.4) is 0 Å². The number of hydrogen-bond donors (Lipinski definition) is 1. The number of anilines is 2. The zero-order chi connectivity index (χ0) is 20.5. The predicted octanol–water partition coefficient (Wildman–Crippen LogP) is 3.96. The lowest BCUT2D eigenvalue weighted by Gasteiger charge is -2.14. The number of hydrogen-bond acceptors (Lipinski definition) is 7. The lowest BCUT2D eigenvalue weighted by Crippen LogP contribution is -2.10. The van der Waals surface area contributed by atoms with Crippen LogP contribution in [-0.4, -0.2) is 39.4 Å². The third-order valence-electron chi connectivity index (χ3n) is 4.21. The molecular formula is C22H27N3O4. The molecule has 7 nitrogen and oxygen atoms in total. The van der Waals surface area contributed by atoms with Crippen LogP contribution in [0.4, 0.5) is 11.7 Å². The molecule has 3 aromatic rings. The summed E-state index contributed by atoms with van der Waals surface area (Å²) in [6.07, 6.45) is 1.59. The first-order chi connectivity index (χ1) is 14.1. The maximum atomic E-state index is 5.73. The zero-order valence-electron chi connectivity index (χ0n) is 17.1. The van der Waals surface area contributed by atoms with Crippen LogP contribution in [0.15, 0.2) is 59.2 Å². The molecule has 0 spiro atoms. The summed E-state index contributed by atoms with van der Waals surface area (Å²) in [6, 6.07) is 16.2. The molecule has 7 heteroatoms. The van der Waals surface area contributed by atoms with Gasteiger partial charge in [-0.3, -0.25) is 0 Å². The Morgan fingerprint density at radius 1 is 1.03 bits per heavy atom. The number of nitrogens with one attached hydrogen (secondary N) is 1. The van der Waals surface area contributed by atoms with E-state index in [4.69, 9.17) is 18.6 Å². The van der Waals surface area contributed by atoms with Crippen LogP contribution in [0, 0.1) is 0 Å². The standard InChI is InChI=1S/C22H27N3O4/c1-25(2)19-7-5-9-21(13-19)28-11-10-27-15-18-16-29-22(24-18)23-14-17-6-4-8-20(12-17)26-3/h4-9,12-13,16H,10-11,14-15H2,1-3H3,(H,23,24). The van der Waals surface area contributed by atoms with E-state index < -0.39 is 0 Å². The Labute approximate surface area is 171 Å². The van der Waals surface area contributed by atoms with Crippen molar-refractivity contribution in [3.63, 3.8) is 0 Å². The SMILES string of the molecule is COc1cccc(CNc2nc(COCCOc3cccc(N(C)C)c3)co2)c1. The van der Waals surface area contributed by atoms with Gasteiger partial charge in [-0.1, -0.05) is 18.2 Å². The maximum absolute atomic E-state index is 5.73. The highest BCUT2D eigenvalue weighted by Gasteiger charge is 2.05. The summed E-state index contributed by atoms with van der Waals surface area (Å²) >= 11 is 0. The first-order valence-corrected chi connectivity index (χ1v) is 9.43. The van der Waals surface area contributed by atoms with E-state index in [1.807, 2.05) is 67.5 Å². The van der Waals surface area contributed by atoms with Crippen molar-refractivity contribution in [1.29, 1.82) is 0 Å². The third kappa shape index (κ3) is 6.43. The molecule has 1 N–H and O–H groups in total. The second-order valence-electron chi connectivity index (χ2n) is 6.64. The Hall–Kier alpha value is -3.19. The molecule has 3 rings (SSSR count). The number of aromatic nitrogens is 1. The second kappa shape index (κ2) is 10.4. The third-order valence-corrected chi connectivity index (χ3v) is 4.21. The van der Waals surface area contributed by atoms with E-state index in [1.165, 1.54) is 0 Å². The van der Waals surface area contributed by atoms with Gasteiger partial charge < -0.3 is 28.8 Å². The molecule has 1 aromatic heterocycles. The molecule has 0 atom stereocenters.